The average molecular weight is 440 g/mol. The van der Waals surface area contributed by atoms with Crippen LogP contribution in [0.5, 0.6) is 11.5 Å². The van der Waals surface area contributed by atoms with E-state index in [1.807, 2.05) is 38.1 Å². The first kappa shape index (κ1) is 22.7. The summed E-state index contributed by atoms with van der Waals surface area (Å²) in [5, 5.41) is 12.9. The smallest absolute Gasteiger partial charge is 0.335 e. The van der Waals surface area contributed by atoms with Gasteiger partial charge in [0.1, 0.15) is 6.61 Å². The number of nitrogens with one attached hydrogen (secondary N) is 1. The highest BCUT2D eigenvalue weighted by atomic mass is 35.5. The second-order valence-corrected chi connectivity index (χ2v) is 7.61. The van der Waals surface area contributed by atoms with Crippen LogP contribution < -0.4 is 14.8 Å². The van der Waals surface area contributed by atoms with Gasteiger partial charge in [-0.15, -0.1) is 0 Å². The van der Waals surface area contributed by atoms with E-state index in [4.69, 9.17) is 26.2 Å². The Hall–Kier alpha value is -3.02. The summed E-state index contributed by atoms with van der Waals surface area (Å²) in [7, 11) is 0. The van der Waals surface area contributed by atoms with Gasteiger partial charge in [0.05, 0.1) is 12.2 Å². The molecule has 3 aromatic carbocycles. The number of benzene rings is 3. The lowest BCUT2D eigenvalue weighted by Gasteiger charge is -2.15. The van der Waals surface area contributed by atoms with Crippen LogP contribution >= 0.6 is 11.6 Å². The molecular weight excluding hydrogens is 414 g/mol. The summed E-state index contributed by atoms with van der Waals surface area (Å²) in [4.78, 5) is 11.0. The minimum atomic E-state index is -0.931. The first-order valence-electron chi connectivity index (χ1n) is 10.1. The zero-order valence-corrected chi connectivity index (χ0v) is 18.4. The molecule has 0 aromatic heterocycles. The van der Waals surface area contributed by atoms with Crippen molar-refractivity contribution in [1.82, 2.24) is 5.32 Å². The Morgan fingerprint density at radius 1 is 0.968 bits per heavy atom. The molecule has 0 atom stereocenters. The van der Waals surface area contributed by atoms with Crippen LogP contribution in [0.25, 0.3) is 0 Å². The Balaban J connectivity index is 1.65. The molecular formula is C25H26ClNO4. The van der Waals surface area contributed by atoms with E-state index in [1.165, 1.54) is 5.56 Å². The Morgan fingerprint density at radius 2 is 1.71 bits per heavy atom. The van der Waals surface area contributed by atoms with Gasteiger partial charge in [-0.2, -0.15) is 0 Å². The second kappa shape index (κ2) is 10.8. The van der Waals surface area contributed by atoms with Gasteiger partial charge in [-0.3, -0.25) is 0 Å². The van der Waals surface area contributed by atoms with Crippen LogP contribution in [0.1, 0.15) is 39.5 Å². The third kappa shape index (κ3) is 6.48. The Kier molecular flexibility index (Phi) is 7.93. The topological polar surface area (TPSA) is 67.8 Å². The van der Waals surface area contributed by atoms with E-state index >= 15 is 0 Å². The number of carboxylic acids is 1. The zero-order chi connectivity index (χ0) is 22.2. The molecule has 0 aliphatic heterocycles. The fraction of sp³-hybridized carbons (Fsp3) is 0.240. The van der Waals surface area contributed by atoms with Crippen LogP contribution in [0.15, 0.2) is 60.7 Å². The number of hydrogen-bond acceptors (Lipinski definition) is 4. The van der Waals surface area contributed by atoms with Crippen molar-refractivity contribution in [2.45, 2.75) is 33.5 Å². The van der Waals surface area contributed by atoms with Crippen molar-refractivity contribution in [2.75, 3.05) is 6.61 Å². The van der Waals surface area contributed by atoms with Gasteiger partial charge in [0.25, 0.3) is 0 Å². The first-order valence-corrected chi connectivity index (χ1v) is 10.5. The van der Waals surface area contributed by atoms with Gasteiger partial charge in [0.2, 0.25) is 0 Å². The van der Waals surface area contributed by atoms with Crippen molar-refractivity contribution >= 4 is 17.6 Å². The van der Waals surface area contributed by atoms with E-state index in [0.717, 1.165) is 16.7 Å². The fourth-order valence-electron chi connectivity index (χ4n) is 3.16. The predicted octanol–water partition coefficient (Wildman–Crippen LogP) is 5.61. The molecule has 0 saturated carbocycles. The molecule has 0 heterocycles. The number of aromatic carboxylic acids is 1. The van der Waals surface area contributed by atoms with Gasteiger partial charge in [-0.05, 0) is 48.7 Å². The molecule has 2 N–H and O–H groups in total. The average Bonchev–Trinajstić information content (AvgIpc) is 2.75. The third-order valence-corrected chi connectivity index (χ3v) is 5.09. The quantitative estimate of drug-likeness (QED) is 0.429. The van der Waals surface area contributed by atoms with Gasteiger partial charge in [-0.25, -0.2) is 4.79 Å². The lowest BCUT2D eigenvalue weighted by atomic mass is 10.1. The molecule has 162 valence electrons. The molecule has 31 heavy (non-hydrogen) atoms. The Bertz CT molecular complexity index is 1030. The van der Waals surface area contributed by atoms with E-state index in [0.29, 0.717) is 42.8 Å². The zero-order valence-electron chi connectivity index (χ0n) is 17.7. The van der Waals surface area contributed by atoms with Crippen LogP contribution in [0.3, 0.4) is 0 Å². The maximum atomic E-state index is 11.0. The maximum Gasteiger partial charge on any atom is 0.335 e. The van der Waals surface area contributed by atoms with Gasteiger partial charge < -0.3 is 19.9 Å². The van der Waals surface area contributed by atoms with Gasteiger partial charge in [0, 0.05) is 24.2 Å². The van der Waals surface area contributed by atoms with E-state index in [9.17, 15) is 4.79 Å². The molecule has 0 radical (unpaired) electrons. The lowest BCUT2D eigenvalue weighted by molar-refractivity contribution is 0.0697. The number of carboxylic acid groups (broad SMARTS) is 1. The molecule has 0 amide bonds. The highest BCUT2D eigenvalue weighted by Gasteiger charge is 2.12. The summed E-state index contributed by atoms with van der Waals surface area (Å²) in [6.45, 7) is 6.06. The van der Waals surface area contributed by atoms with E-state index in [-0.39, 0.29) is 5.56 Å². The molecule has 0 bridgehead atoms. The molecule has 3 rings (SSSR count). The van der Waals surface area contributed by atoms with Crippen molar-refractivity contribution in [2.24, 2.45) is 0 Å². The molecule has 6 heteroatoms. The van der Waals surface area contributed by atoms with Crippen molar-refractivity contribution in [1.29, 1.82) is 0 Å². The molecule has 0 fully saturated rings. The van der Waals surface area contributed by atoms with Crippen LogP contribution in [0.2, 0.25) is 5.02 Å². The SMILES string of the molecule is CCOc1cc(CNCc2ccc(C(=O)O)cc2)c(Cl)cc1OCc1cccc(C)c1. The molecule has 5 nitrogen and oxygen atoms in total. The summed E-state index contributed by atoms with van der Waals surface area (Å²) in [6.07, 6.45) is 0. The summed E-state index contributed by atoms with van der Waals surface area (Å²) in [5.74, 6) is 0.336. The molecule has 0 aliphatic rings. The van der Waals surface area contributed by atoms with Crippen molar-refractivity contribution in [3.8, 4) is 11.5 Å². The summed E-state index contributed by atoms with van der Waals surface area (Å²) in [6, 6.07) is 18.7. The summed E-state index contributed by atoms with van der Waals surface area (Å²) < 4.78 is 11.8. The standard InChI is InChI=1S/C25H26ClNO4/c1-3-30-23-12-21(15-27-14-18-7-9-20(10-8-18)25(28)29)22(26)13-24(23)31-16-19-6-4-5-17(2)11-19/h4-13,27H,3,14-16H2,1-2H3,(H,28,29). The number of aryl methyl sites for hydroxylation is 1. The van der Waals surface area contributed by atoms with Crippen LogP contribution in [0, 0.1) is 6.92 Å². The number of ether oxygens (including phenoxy) is 2. The van der Waals surface area contributed by atoms with Crippen LogP contribution in [-0.4, -0.2) is 17.7 Å². The lowest BCUT2D eigenvalue weighted by Crippen LogP contribution is -2.13. The number of hydrogen-bond donors (Lipinski definition) is 2. The van der Waals surface area contributed by atoms with Gasteiger partial charge >= 0.3 is 5.97 Å². The Labute approximate surface area is 187 Å². The highest BCUT2D eigenvalue weighted by molar-refractivity contribution is 6.31. The van der Waals surface area contributed by atoms with E-state index < -0.39 is 5.97 Å². The van der Waals surface area contributed by atoms with Crippen molar-refractivity contribution in [3.63, 3.8) is 0 Å². The minimum absolute atomic E-state index is 0.273. The summed E-state index contributed by atoms with van der Waals surface area (Å²) in [5.41, 5.74) is 4.43. The Morgan fingerprint density at radius 3 is 2.39 bits per heavy atom. The highest BCUT2D eigenvalue weighted by Crippen LogP contribution is 2.34. The minimum Gasteiger partial charge on any atom is -0.490 e. The second-order valence-electron chi connectivity index (χ2n) is 7.21. The van der Waals surface area contributed by atoms with Crippen molar-refractivity contribution < 1.29 is 19.4 Å². The monoisotopic (exact) mass is 439 g/mol. The molecule has 0 saturated heterocycles. The number of rotatable bonds is 10. The molecule has 0 aliphatic carbocycles. The number of halogens is 1. The van der Waals surface area contributed by atoms with Crippen molar-refractivity contribution in [3.05, 3.63) is 93.5 Å². The van der Waals surface area contributed by atoms with Gasteiger partial charge in [-0.1, -0.05) is 53.6 Å². The van der Waals surface area contributed by atoms with E-state index in [2.05, 4.69) is 11.4 Å². The first-order chi connectivity index (χ1) is 15.0. The van der Waals surface area contributed by atoms with E-state index in [1.54, 1.807) is 30.3 Å². The largest absolute Gasteiger partial charge is 0.490 e. The summed E-state index contributed by atoms with van der Waals surface area (Å²) >= 11 is 6.51. The maximum absolute atomic E-state index is 11.0. The van der Waals surface area contributed by atoms with Gasteiger partial charge in [0.15, 0.2) is 11.5 Å². The molecule has 0 unspecified atom stereocenters. The van der Waals surface area contributed by atoms with Crippen LogP contribution in [0.4, 0.5) is 0 Å². The fourth-order valence-corrected chi connectivity index (χ4v) is 3.38. The molecule has 0 spiro atoms. The third-order valence-electron chi connectivity index (χ3n) is 4.73. The molecule has 3 aromatic rings. The predicted molar refractivity (Wildman–Crippen MR) is 122 cm³/mol. The normalized spacial score (nSPS) is 10.7. The number of carbonyl (C=O) groups is 1. The van der Waals surface area contributed by atoms with Crippen LogP contribution in [-0.2, 0) is 19.7 Å².